The van der Waals surface area contributed by atoms with Crippen LogP contribution >= 0.6 is 0 Å². The van der Waals surface area contributed by atoms with Crippen molar-refractivity contribution < 1.29 is 33.3 Å². The number of hydrogen-bond acceptors (Lipinski definition) is 7. The molecule has 1 unspecified atom stereocenters. The van der Waals surface area contributed by atoms with Crippen molar-refractivity contribution in [2.24, 2.45) is 0 Å². The third-order valence-electron chi connectivity index (χ3n) is 3.95. The molecule has 0 heterocycles. The zero-order chi connectivity index (χ0) is 22.1. The number of ether oxygens (including phenoxy) is 4. The van der Waals surface area contributed by atoms with Crippen molar-refractivity contribution in [3.8, 4) is 11.5 Å². The lowest BCUT2D eigenvalue weighted by Crippen LogP contribution is -2.30. The lowest BCUT2D eigenvalue weighted by molar-refractivity contribution is -0.123. The number of amides is 2. The maximum absolute atomic E-state index is 12.3. The highest BCUT2D eigenvalue weighted by atomic mass is 16.6. The SMILES string of the molecule is CCOC(=O)Nc1ccc(C(=O)OC(C)C(=O)Nc2ccc(OC)c(OC)c2)cc1. The Labute approximate surface area is 174 Å². The first-order chi connectivity index (χ1) is 14.4. The topological polar surface area (TPSA) is 112 Å². The fraction of sp³-hybridized carbons (Fsp3) is 0.286. The maximum Gasteiger partial charge on any atom is 0.411 e. The van der Waals surface area contributed by atoms with Gasteiger partial charge in [0.25, 0.3) is 5.91 Å². The molecule has 2 amide bonds. The van der Waals surface area contributed by atoms with Gasteiger partial charge in [-0.1, -0.05) is 0 Å². The Morgan fingerprint density at radius 3 is 2.13 bits per heavy atom. The lowest BCUT2D eigenvalue weighted by atomic mass is 10.2. The molecule has 0 saturated carbocycles. The lowest BCUT2D eigenvalue weighted by Gasteiger charge is -2.15. The molecule has 2 aromatic carbocycles. The normalized spacial score (nSPS) is 11.1. The summed E-state index contributed by atoms with van der Waals surface area (Å²) in [6.07, 6.45) is -1.63. The van der Waals surface area contributed by atoms with Crippen LogP contribution in [0.3, 0.4) is 0 Å². The molecule has 2 aromatic rings. The average Bonchev–Trinajstić information content (AvgIpc) is 2.74. The van der Waals surface area contributed by atoms with Gasteiger partial charge in [-0.25, -0.2) is 9.59 Å². The van der Waals surface area contributed by atoms with E-state index in [1.54, 1.807) is 25.1 Å². The quantitative estimate of drug-likeness (QED) is 0.634. The summed E-state index contributed by atoms with van der Waals surface area (Å²) in [5.41, 5.74) is 1.16. The predicted molar refractivity (Wildman–Crippen MR) is 110 cm³/mol. The van der Waals surface area contributed by atoms with Crippen molar-refractivity contribution in [2.75, 3.05) is 31.5 Å². The van der Waals surface area contributed by atoms with Crippen molar-refractivity contribution in [3.05, 3.63) is 48.0 Å². The highest BCUT2D eigenvalue weighted by Crippen LogP contribution is 2.29. The smallest absolute Gasteiger partial charge is 0.411 e. The van der Waals surface area contributed by atoms with Crippen LogP contribution in [-0.2, 0) is 14.3 Å². The van der Waals surface area contributed by atoms with Crippen molar-refractivity contribution in [1.29, 1.82) is 0 Å². The van der Waals surface area contributed by atoms with Crippen LogP contribution in [0.1, 0.15) is 24.2 Å². The van der Waals surface area contributed by atoms with Gasteiger partial charge in [-0.2, -0.15) is 0 Å². The van der Waals surface area contributed by atoms with E-state index in [2.05, 4.69) is 10.6 Å². The summed E-state index contributed by atoms with van der Waals surface area (Å²) in [5, 5.41) is 5.17. The number of nitrogens with one attached hydrogen (secondary N) is 2. The number of carbonyl (C=O) groups excluding carboxylic acids is 3. The molecule has 160 valence electrons. The van der Waals surface area contributed by atoms with Crippen molar-refractivity contribution in [3.63, 3.8) is 0 Å². The Morgan fingerprint density at radius 2 is 1.53 bits per heavy atom. The highest BCUT2D eigenvalue weighted by Gasteiger charge is 2.20. The van der Waals surface area contributed by atoms with Crippen LogP contribution < -0.4 is 20.1 Å². The molecule has 1 atom stereocenters. The van der Waals surface area contributed by atoms with Gasteiger partial charge in [-0.15, -0.1) is 0 Å². The number of rotatable bonds is 8. The van der Waals surface area contributed by atoms with E-state index in [4.69, 9.17) is 18.9 Å². The zero-order valence-electron chi connectivity index (χ0n) is 17.2. The van der Waals surface area contributed by atoms with Gasteiger partial charge in [0.1, 0.15) is 0 Å². The number of esters is 1. The minimum atomic E-state index is -1.04. The van der Waals surface area contributed by atoms with Crippen molar-refractivity contribution in [2.45, 2.75) is 20.0 Å². The molecule has 2 N–H and O–H groups in total. The number of benzene rings is 2. The zero-order valence-corrected chi connectivity index (χ0v) is 17.2. The molecule has 0 fully saturated rings. The Morgan fingerprint density at radius 1 is 0.900 bits per heavy atom. The second-order valence-corrected chi connectivity index (χ2v) is 6.03. The monoisotopic (exact) mass is 416 g/mol. The predicted octanol–water partition coefficient (Wildman–Crippen LogP) is 3.46. The van der Waals surface area contributed by atoms with Crippen molar-refractivity contribution >= 4 is 29.3 Å². The minimum absolute atomic E-state index is 0.232. The molecule has 0 spiro atoms. The molecular weight excluding hydrogens is 392 g/mol. The molecule has 0 aliphatic heterocycles. The van der Waals surface area contributed by atoms with E-state index >= 15 is 0 Å². The van der Waals surface area contributed by atoms with Crippen LogP contribution in [0, 0.1) is 0 Å². The van der Waals surface area contributed by atoms with Crippen LogP contribution in [-0.4, -0.2) is 44.9 Å². The van der Waals surface area contributed by atoms with Crippen LogP contribution in [0.15, 0.2) is 42.5 Å². The summed E-state index contributed by atoms with van der Waals surface area (Å²) in [7, 11) is 3.00. The van der Waals surface area contributed by atoms with Gasteiger partial charge in [-0.3, -0.25) is 10.1 Å². The molecule has 0 radical (unpaired) electrons. The Hall–Kier alpha value is -3.75. The molecule has 2 rings (SSSR count). The van der Waals surface area contributed by atoms with E-state index in [0.29, 0.717) is 22.9 Å². The fourth-order valence-corrected chi connectivity index (χ4v) is 2.41. The number of anilines is 2. The molecular formula is C21H24N2O7. The fourth-order valence-electron chi connectivity index (χ4n) is 2.41. The Bertz CT molecular complexity index is 897. The average molecular weight is 416 g/mol. The number of methoxy groups -OCH3 is 2. The molecule has 0 aromatic heterocycles. The van der Waals surface area contributed by atoms with E-state index in [-0.39, 0.29) is 12.2 Å². The number of hydrogen-bond donors (Lipinski definition) is 2. The largest absolute Gasteiger partial charge is 0.493 e. The van der Waals surface area contributed by atoms with E-state index in [1.807, 2.05) is 0 Å². The minimum Gasteiger partial charge on any atom is -0.493 e. The summed E-state index contributed by atoms with van der Waals surface area (Å²) in [5.74, 6) is -0.198. The van der Waals surface area contributed by atoms with E-state index in [9.17, 15) is 14.4 Å². The summed E-state index contributed by atoms with van der Waals surface area (Å²) >= 11 is 0. The molecule has 0 saturated heterocycles. The van der Waals surface area contributed by atoms with Crippen molar-refractivity contribution in [1.82, 2.24) is 0 Å². The molecule has 0 aliphatic rings. The molecule has 30 heavy (non-hydrogen) atoms. The van der Waals surface area contributed by atoms with Gasteiger partial charge >= 0.3 is 12.1 Å². The second kappa shape index (κ2) is 10.7. The van der Waals surface area contributed by atoms with E-state index in [1.165, 1.54) is 45.4 Å². The summed E-state index contributed by atoms with van der Waals surface area (Å²) in [6.45, 7) is 3.41. The summed E-state index contributed by atoms with van der Waals surface area (Å²) in [6, 6.07) is 10.9. The van der Waals surface area contributed by atoms with Gasteiger partial charge in [0.2, 0.25) is 0 Å². The number of carbonyl (C=O) groups is 3. The van der Waals surface area contributed by atoms with E-state index in [0.717, 1.165) is 0 Å². The van der Waals surface area contributed by atoms with Crippen LogP contribution in [0.2, 0.25) is 0 Å². The van der Waals surface area contributed by atoms with Crippen LogP contribution in [0.25, 0.3) is 0 Å². The molecule has 0 bridgehead atoms. The third kappa shape index (κ3) is 6.13. The molecule has 0 aliphatic carbocycles. The Balaban J connectivity index is 1.94. The Kier molecular flexibility index (Phi) is 8.04. The van der Waals surface area contributed by atoms with Crippen LogP contribution in [0.5, 0.6) is 11.5 Å². The first kappa shape index (κ1) is 22.5. The summed E-state index contributed by atoms with van der Waals surface area (Å²) in [4.78, 5) is 36.0. The highest BCUT2D eigenvalue weighted by molar-refractivity contribution is 5.97. The standard InChI is InChI=1S/C21H24N2O7/c1-5-29-21(26)23-15-8-6-14(7-9-15)20(25)30-13(2)19(24)22-16-10-11-17(27-3)18(12-16)28-4/h6-13H,5H2,1-4H3,(H,22,24)(H,23,26). The van der Waals surface area contributed by atoms with Gasteiger partial charge < -0.3 is 24.3 Å². The molecule has 9 nitrogen and oxygen atoms in total. The van der Waals surface area contributed by atoms with Crippen LogP contribution in [0.4, 0.5) is 16.2 Å². The molecule has 9 heteroatoms. The van der Waals surface area contributed by atoms with Gasteiger partial charge in [0.05, 0.1) is 26.4 Å². The summed E-state index contributed by atoms with van der Waals surface area (Å²) < 4.78 is 20.3. The van der Waals surface area contributed by atoms with Gasteiger partial charge in [0.15, 0.2) is 17.6 Å². The first-order valence-corrected chi connectivity index (χ1v) is 9.15. The van der Waals surface area contributed by atoms with Gasteiger partial charge in [0, 0.05) is 17.4 Å². The second-order valence-electron chi connectivity index (χ2n) is 6.03. The third-order valence-corrected chi connectivity index (χ3v) is 3.95. The maximum atomic E-state index is 12.3. The van der Waals surface area contributed by atoms with Gasteiger partial charge in [-0.05, 0) is 50.2 Å². The first-order valence-electron chi connectivity index (χ1n) is 9.15. The van der Waals surface area contributed by atoms with E-state index < -0.39 is 24.1 Å².